The number of fused-ring (bicyclic) bond motifs is 3. The molecule has 0 amide bonds. The number of aliphatic hydroxyl groups is 4. The zero-order chi connectivity index (χ0) is 20.7. The van der Waals surface area contributed by atoms with Gasteiger partial charge in [-0.05, 0) is 0 Å². The second-order valence-corrected chi connectivity index (χ2v) is 6.56. The number of rotatable bonds is 5. The van der Waals surface area contributed by atoms with E-state index in [1.807, 2.05) is 4.98 Å². The van der Waals surface area contributed by atoms with Crippen LogP contribution in [-0.2, 0) is 6.54 Å². The lowest BCUT2D eigenvalue weighted by atomic mass is 10.1. The second kappa shape index (κ2) is 7.40. The molecule has 1 aromatic carbocycles. The van der Waals surface area contributed by atoms with Crippen LogP contribution in [0.15, 0.2) is 21.7 Å². The number of hydrogen-bond donors (Lipinski definition) is 5. The van der Waals surface area contributed by atoms with Gasteiger partial charge in [-0.15, -0.1) is 0 Å². The van der Waals surface area contributed by atoms with Gasteiger partial charge in [0.05, 0.1) is 24.2 Å². The van der Waals surface area contributed by atoms with E-state index in [2.05, 4.69) is 9.97 Å². The van der Waals surface area contributed by atoms with Crippen molar-refractivity contribution in [3.8, 4) is 23.0 Å². The van der Waals surface area contributed by atoms with E-state index in [1.54, 1.807) is 12.1 Å². The number of benzene rings is 1. The van der Waals surface area contributed by atoms with Crippen LogP contribution in [0.5, 0.6) is 11.5 Å². The minimum atomic E-state index is -1.68. The number of aliphatic hydroxyl groups excluding tert-OH is 4. The molecular formula is C17H18N4O8. The van der Waals surface area contributed by atoms with Crippen LogP contribution in [-0.4, -0.2) is 78.1 Å². The fourth-order valence-corrected chi connectivity index (χ4v) is 3.18. The third-order valence-corrected chi connectivity index (χ3v) is 4.62. The maximum Gasteiger partial charge on any atom is 0.349 e. The molecule has 0 spiro atoms. The molecular weight excluding hydrogens is 388 g/mol. The Hall–Kier alpha value is -3.06. The molecule has 12 nitrogen and oxygen atoms in total. The van der Waals surface area contributed by atoms with Crippen LogP contribution < -0.4 is 20.7 Å². The van der Waals surface area contributed by atoms with Gasteiger partial charge < -0.3 is 34.5 Å². The van der Waals surface area contributed by atoms with Gasteiger partial charge in [-0.25, -0.2) is 9.78 Å². The van der Waals surface area contributed by atoms with Gasteiger partial charge in [0.1, 0.15) is 31.5 Å². The highest BCUT2D eigenvalue weighted by Gasteiger charge is 2.28. The van der Waals surface area contributed by atoms with Crippen LogP contribution in [0.1, 0.15) is 0 Å². The first-order valence-electron chi connectivity index (χ1n) is 8.78. The molecule has 29 heavy (non-hydrogen) atoms. The van der Waals surface area contributed by atoms with Crippen molar-refractivity contribution in [1.82, 2.24) is 19.5 Å². The Morgan fingerprint density at radius 2 is 1.76 bits per heavy atom. The van der Waals surface area contributed by atoms with Crippen molar-refractivity contribution < 1.29 is 29.9 Å². The van der Waals surface area contributed by atoms with E-state index in [0.717, 1.165) is 0 Å². The van der Waals surface area contributed by atoms with Crippen molar-refractivity contribution in [3.63, 3.8) is 0 Å². The van der Waals surface area contributed by atoms with E-state index >= 15 is 0 Å². The molecule has 1 aromatic rings. The quantitative estimate of drug-likeness (QED) is 0.283. The Morgan fingerprint density at radius 1 is 1.07 bits per heavy atom. The first kappa shape index (κ1) is 19.3. The fraction of sp³-hybridized carbons (Fsp3) is 0.412. The lowest BCUT2D eigenvalue weighted by molar-refractivity contribution is -0.0802. The molecule has 0 saturated heterocycles. The summed E-state index contributed by atoms with van der Waals surface area (Å²) in [6, 6.07) is 3.11. The molecule has 5 N–H and O–H groups in total. The Morgan fingerprint density at radius 3 is 2.45 bits per heavy atom. The number of aromatic nitrogens is 4. The fourth-order valence-electron chi connectivity index (χ4n) is 3.18. The summed E-state index contributed by atoms with van der Waals surface area (Å²) in [5, 5.41) is 39.0. The van der Waals surface area contributed by atoms with Crippen molar-refractivity contribution in [1.29, 1.82) is 0 Å². The van der Waals surface area contributed by atoms with E-state index in [4.69, 9.17) is 14.6 Å². The highest BCUT2D eigenvalue weighted by molar-refractivity contribution is 5.83. The molecule has 0 fully saturated rings. The molecule has 3 atom stereocenters. The molecule has 0 bridgehead atoms. The Kier molecular flexibility index (Phi) is 4.92. The van der Waals surface area contributed by atoms with Crippen LogP contribution >= 0.6 is 0 Å². The van der Waals surface area contributed by atoms with Crippen molar-refractivity contribution in [2.45, 2.75) is 24.9 Å². The summed E-state index contributed by atoms with van der Waals surface area (Å²) in [4.78, 5) is 34.1. The van der Waals surface area contributed by atoms with Crippen molar-refractivity contribution >= 4 is 11.0 Å². The largest absolute Gasteiger partial charge is 0.486 e. The highest BCUT2D eigenvalue weighted by atomic mass is 16.6. The zero-order valence-corrected chi connectivity index (χ0v) is 15.0. The van der Waals surface area contributed by atoms with Gasteiger partial charge in [0.2, 0.25) is 0 Å². The first-order valence-corrected chi connectivity index (χ1v) is 8.78. The molecule has 12 heteroatoms. The van der Waals surface area contributed by atoms with Crippen molar-refractivity contribution in [2.24, 2.45) is 0 Å². The van der Waals surface area contributed by atoms with E-state index in [-0.39, 0.29) is 18.1 Å². The third-order valence-electron chi connectivity index (χ3n) is 4.62. The molecule has 0 radical (unpaired) electrons. The molecule has 154 valence electrons. The Labute approximate surface area is 162 Å². The minimum absolute atomic E-state index is 0.118. The van der Waals surface area contributed by atoms with Gasteiger partial charge in [-0.1, -0.05) is 0 Å². The van der Waals surface area contributed by atoms with Crippen molar-refractivity contribution in [3.05, 3.63) is 33.0 Å². The van der Waals surface area contributed by atoms with E-state index in [1.165, 1.54) is 4.57 Å². The molecule has 0 unspecified atom stereocenters. The molecule has 0 saturated carbocycles. The van der Waals surface area contributed by atoms with E-state index < -0.39 is 36.2 Å². The van der Waals surface area contributed by atoms with Gasteiger partial charge in [0, 0.05) is 12.1 Å². The molecule has 3 aliphatic rings. The van der Waals surface area contributed by atoms with Gasteiger partial charge in [-0.3, -0.25) is 9.78 Å². The molecule has 0 aromatic heterocycles. The predicted octanol–water partition coefficient (Wildman–Crippen LogP) is -2.57. The molecule has 3 aliphatic heterocycles. The lowest BCUT2D eigenvalue weighted by Crippen LogP contribution is -2.42. The number of hydrogen-bond acceptors (Lipinski definition) is 10. The van der Waals surface area contributed by atoms with Crippen molar-refractivity contribution in [2.75, 3.05) is 19.8 Å². The monoisotopic (exact) mass is 406 g/mol. The summed E-state index contributed by atoms with van der Waals surface area (Å²) >= 11 is 0. The normalized spacial score (nSPS) is 16.7. The number of nitrogens with one attached hydrogen (secondary N) is 1. The van der Waals surface area contributed by atoms with Crippen LogP contribution in [0.3, 0.4) is 0 Å². The highest BCUT2D eigenvalue weighted by Crippen LogP contribution is 2.35. The van der Waals surface area contributed by atoms with Gasteiger partial charge in [0.25, 0.3) is 5.56 Å². The summed E-state index contributed by atoms with van der Waals surface area (Å²) in [7, 11) is 0. The minimum Gasteiger partial charge on any atom is -0.486 e. The van der Waals surface area contributed by atoms with Gasteiger partial charge in [0.15, 0.2) is 23.0 Å². The number of aromatic amines is 1. The van der Waals surface area contributed by atoms with Gasteiger partial charge >= 0.3 is 5.69 Å². The standard InChI is InChI=1S/C17H18N4O8/c22-6-10(24)14(25)9(23)5-21-8-4-12-11(28-1-2-29-12)3-7(8)18-13-15(21)19-17(27)20-16(13)26/h3-4,9-10,14,22-25H,1-2,5-6H2,(H,20,26,27)/t9-,10+,14-/m0/s1. The topological polar surface area (TPSA) is 180 Å². The first-order chi connectivity index (χ1) is 13.9. The lowest BCUT2D eigenvalue weighted by Gasteiger charge is -2.25. The average Bonchev–Trinajstić information content (AvgIpc) is 2.71. The Bertz CT molecular complexity index is 1140. The third kappa shape index (κ3) is 3.42. The van der Waals surface area contributed by atoms with Gasteiger partial charge in [-0.2, -0.15) is 4.98 Å². The van der Waals surface area contributed by atoms with Crippen LogP contribution in [0.2, 0.25) is 0 Å². The Balaban J connectivity index is 1.95. The second-order valence-electron chi connectivity index (χ2n) is 6.56. The van der Waals surface area contributed by atoms with Crippen LogP contribution in [0.25, 0.3) is 22.6 Å². The maximum atomic E-state index is 12.2. The summed E-state index contributed by atoms with van der Waals surface area (Å²) in [6.45, 7) is -0.449. The van der Waals surface area contributed by atoms with E-state index in [9.17, 15) is 24.9 Å². The number of H-pyrrole nitrogens is 1. The van der Waals surface area contributed by atoms with Crippen LogP contribution in [0.4, 0.5) is 0 Å². The summed E-state index contributed by atoms with van der Waals surface area (Å²) in [5.74, 6) is 0.701. The zero-order valence-electron chi connectivity index (χ0n) is 15.0. The van der Waals surface area contributed by atoms with E-state index in [0.29, 0.717) is 35.7 Å². The molecule has 4 rings (SSSR count). The molecule has 0 aliphatic carbocycles. The summed E-state index contributed by atoms with van der Waals surface area (Å²) in [5.41, 5.74) is -1.17. The molecule has 3 heterocycles. The number of nitrogens with zero attached hydrogens (tertiary/aromatic N) is 3. The maximum absolute atomic E-state index is 12.2. The van der Waals surface area contributed by atoms with Crippen LogP contribution in [0, 0.1) is 0 Å². The smallest absolute Gasteiger partial charge is 0.349 e. The summed E-state index contributed by atoms with van der Waals surface area (Å²) < 4.78 is 12.4. The SMILES string of the molecule is O=c1nc2n(C[C@H](O)[C@H](O)[C@H](O)CO)c3cc4c(cc3nc-2c(=O)[nH]1)OCCO4. The predicted molar refractivity (Wildman–Crippen MR) is 97.1 cm³/mol. The average molecular weight is 406 g/mol. The number of ether oxygens (including phenoxy) is 2. The summed E-state index contributed by atoms with van der Waals surface area (Å²) in [6.07, 6.45) is -4.82.